The fraction of sp³-hybridized carbons (Fsp3) is 0.900. The Kier molecular flexibility index (Phi) is 3.55. The standard InChI is InChI=1S/C10H18N2/c1-9-7-12(8-10(9)2)6-4-3-5-11/h9-10H,3-4,6-8H2,1-2H3. The van der Waals surface area contributed by atoms with Crippen LogP contribution in [0.2, 0.25) is 0 Å². The molecule has 0 aliphatic carbocycles. The van der Waals surface area contributed by atoms with Gasteiger partial charge in [-0.05, 0) is 24.8 Å². The molecule has 2 unspecified atom stereocenters. The molecule has 0 aromatic carbocycles. The highest BCUT2D eigenvalue weighted by Gasteiger charge is 2.24. The average Bonchev–Trinajstić information content (AvgIpc) is 2.32. The van der Waals surface area contributed by atoms with E-state index in [1.54, 1.807) is 0 Å². The van der Waals surface area contributed by atoms with Crippen molar-refractivity contribution >= 4 is 0 Å². The molecule has 68 valence electrons. The Morgan fingerprint density at radius 1 is 1.33 bits per heavy atom. The van der Waals surface area contributed by atoms with Crippen LogP contribution in [0.4, 0.5) is 0 Å². The summed E-state index contributed by atoms with van der Waals surface area (Å²) in [6.07, 6.45) is 1.75. The zero-order chi connectivity index (χ0) is 8.97. The summed E-state index contributed by atoms with van der Waals surface area (Å²) in [4.78, 5) is 2.48. The molecule has 1 aliphatic heterocycles. The van der Waals surface area contributed by atoms with E-state index in [1.165, 1.54) is 13.1 Å². The highest BCUT2D eigenvalue weighted by Crippen LogP contribution is 2.21. The molecule has 1 rings (SSSR count). The van der Waals surface area contributed by atoms with Crippen molar-refractivity contribution in [3.05, 3.63) is 0 Å². The van der Waals surface area contributed by atoms with Gasteiger partial charge in [-0.15, -0.1) is 0 Å². The van der Waals surface area contributed by atoms with Crippen molar-refractivity contribution in [1.82, 2.24) is 4.90 Å². The number of likely N-dealkylation sites (tertiary alicyclic amines) is 1. The molecular weight excluding hydrogens is 148 g/mol. The molecular formula is C10H18N2. The lowest BCUT2D eigenvalue weighted by Crippen LogP contribution is -2.21. The van der Waals surface area contributed by atoms with Gasteiger partial charge in [-0.3, -0.25) is 0 Å². The van der Waals surface area contributed by atoms with E-state index in [-0.39, 0.29) is 0 Å². The third-order valence-corrected chi connectivity index (χ3v) is 2.83. The highest BCUT2D eigenvalue weighted by molar-refractivity contribution is 4.79. The van der Waals surface area contributed by atoms with Gasteiger partial charge < -0.3 is 4.90 Å². The summed E-state index contributed by atoms with van der Waals surface area (Å²) in [5.74, 6) is 1.68. The van der Waals surface area contributed by atoms with Crippen molar-refractivity contribution < 1.29 is 0 Å². The third-order valence-electron chi connectivity index (χ3n) is 2.83. The summed E-state index contributed by atoms with van der Waals surface area (Å²) in [5, 5.41) is 8.38. The Hall–Kier alpha value is -0.550. The van der Waals surface area contributed by atoms with Gasteiger partial charge in [0.15, 0.2) is 0 Å². The fourth-order valence-electron chi connectivity index (χ4n) is 1.81. The lowest BCUT2D eigenvalue weighted by molar-refractivity contribution is 0.321. The molecule has 2 nitrogen and oxygen atoms in total. The van der Waals surface area contributed by atoms with Crippen LogP contribution >= 0.6 is 0 Å². The van der Waals surface area contributed by atoms with Crippen LogP contribution in [0, 0.1) is 23.2 Å². The lowest BCUT2D eigenvalue weighted by Gasteiger charge is -2.13. The van der Waals surface area contributed by atoms with Gasteiger partial charge in [0.05, 0.1) is 6.07 Å². The number of rotatable bonds is 3. The summed E-state index contributed by atoms with van der Waals surface area (Å²) >= 11 is 0. The Bertz CT molecular complexity index is 161. The van der Waals surface area contributed by atoms with E-state index in [0.717, 1.165) is 24.8 Å². The highest BCUT2D eigenvalue weighted by atomic mass is 15.1. The van der Waals surface area contributed by atoms with E-state index in [4.69, 9.17) is 5.26 Å². The minimum absolute atomic E-state index is 0.708. The van der Waals surface area contributed by atoms with Crippen LogP contribution in [0.1, 0.15) is 26.7 Å². The van der Waals surface area contributed by atoms with Gasteiger partial charge in [-0.2, -0.15) is 5.26 Å². The summed E-state index contributed by atoms with van der Waals surface area (Å²) < 4.78 is 0. The zero-order valence-electron chi connectivity index (χ0n) is 8.08. The molecule has 1 heterocycles. The van der Waals surface area contributed by atoms with Crippen molar-refractivity contribution in [3.8, 4) is 6.07 Å². The first-order valence-electron chi connectivity index (χ1n) is 4.83. The molecule has 0 aromatic heterocycles. The topological polar surface area (TPSA) is 27.0 Å². The molecule has 1 fully saturated rings. The maximum Gasteiger partial charge on any atom is 0.0622 e. The Labute approximate surface area is 75.2 Å². The van der Waals surface area contributed by atoms with Crippen LogP contribution in [0.25, 0.3) is 0 Å². The quantitative estimate of drug-likeness (QED) is 0.598. The average molecular weight is 166 g/mol. The van der Waals surface area contributed by atoms with E-state index in [1.807, 2.05) is 0 Å². The first-order chi connectivity index (χ1) is 5.74. The van der Waals surface area contributed by atoms with Gasteiger partial charge in [0.2, 0.25) is 0 Å². The van der Waals surface area contributed by atoms with Gasteiger partial charge in [-0.25, -0.2) is 0 Å². The van der Waals surface area contributed by atoms with Crippen LogP contribution in [0.15, 0.2) is 0 Å². The van der Waals surface area contributed by atoms with Gasteiger partial charge in [-0.1, -0.05) is 13.8 Å². The molecule has 0 N–H and O–H groups in total. The SMILES string of the molecule is CC1CN(CCCC#N)CC1C. The monoisotopic (exact) mass is 166 g/mol. The van der Waals surface area contributed by atoms with Crippen LogP contribution in [-0.4, -0.2) is 24.5 Å². The minimum atomic E-state index is 0.708. The molecule has 0 amide bonds. The number of hydrogen-bond acceptors (Lipinski definition) is 2. The summed E-state index contributed by atoms with van der Waals surface area (Å²) in [7, 11) is 0. The fourth-order valence-corrected chi connectivity index (χ4v) is 1.81. The normalized spacial score (nSPS) is 30.4. The van der Waals surface area contributed by atoms with E-state index in [9.17, 15) is 0 Å². The molecule has 2 atom stereocenters. The second-order valence-electron chi connectivity index (χ2n) is 3.98. The number of nitrogens with zero attached hydrogens (tertiary/aromatic N) is 2. The molecule has 1 saturated heterocycles. The van der Waals surface area contributed by atoms with E-state index >= 15 is 0 Å². The maximum atomic E-state index is 8.38. The van der Waals surface area contributed by atoms with Crippen molar-refractivity contribution in [2.45, 2.75) is 26.7 Å². The first-order valence-corrected chi connectivity index (χ1v) is 4.83. The predicted octanol–water partition coefficient (Wildman–Crippen LogP) is 1.88. The molecule has 0 spiro atoms. The predicted molar refractivity (Wildman–Crippen MR) is 49.6 cm³/mol. The Balaban J connectivity index is 2.15. The van der Waals surface area contributed by atoms with Crippen LogP contribution in [0.3, 0.4) is 0 Å². The largest absolute Gasteiger partial charge is 0.303 e. The van der Waals surface area contributed by atoms with Gasteiger partial charge >= 0.3 is 0 Å². The third kappa shape index (κ3) is 2.49. The minimum Gasteiger partial charge on any atom is -0.303 e. The lowest BCUT2D eigenvalue weighted by atomic mass is 10.0. The van der Waals surface area contributed by atoms with E-state index in [2.05, 4.69) is 24.8 Å². The van der Waals surface area contributed by atoms with Crippen molar-refractivity contribution in [1.29, 1.82) is 5.26 Å². The molecule has 1 aliphatic rings. The molecule has 0 aromatic rings. The van der Waals surface area contributed by atoms with Crippen molar-refractivity contribution in [2.75, 3.05) is 19.6 Å². The smallest absolute Gasteiger partial charge is 0.0622 e. The molecule has 12 heavy (non-hydrogen) atoms. The van der Waals surface area contributed by atoms with Crippen molar-refractivity contribution in [2.24, 2.45) is 11.8 Å². The number of nitriles is 1. The van der Waals surface area contributed by atoms with Crippen molar-refractivity contribution in [3.63, 3.8) is 0 Å². The Morgan fingerprint density at radius 3 is 2.42 bits per heavy atom. The number of hydrogen-bond donors (Lipinski definition) is 0. The maximum absolute atomic E-state index is 8.38. The first kappa shape index (κ1) is 9.54. The van der Waals surface area contributed by atoms with E-state index in [0.29, 0.717) is 6.42 Å². The Morgan fingerprint density at radius 2 is 1.92 bits per heavy atom. The molecule has 0 saturated carbocycles. The second-order valence-corrected chi connectivity index (χ2v) is 3.98. The summed E-state index contributed by atoms with van der Waals surface area (Å²) in [5.41, 5.74) is 0. The zero-order valence-corrected chi connectivity index (χ0v) is 8.08. The van der Waals surface area contributed by atoms with Crippen LogP contribution in [-0.2, 0) is 0 Å². The molecule has 2 heteroatoms. The van der Waals surface area contributed by atoms with Crippen LogP contribution < -0.4 is 0 Å². The van der Waals surface area contributed by atoms with Gasteiger partial charge in [0, 0.05) is 19.5 Å². The van der Waals surface area contributed by atoms with Crippen LogP contribution in [0.5, 0.6) is 0 Å². The molecule has 0 bridgehead atoms. The van der Waals surface area contributed by atoms with Gasteiger partial charge in [0.25, 0.3) is 0 Å². The number of unbranched alkanes of at least 4 members (excludes halogenated alkanes) is 1. The summed E-state index contributed by atoms with van der Waals surface area (Å²) in [6, 6.07) is 2.19. The van der Waals surface area contributed by atoms with E-state index < -0.39 is 0 Å². The second kappa shape index (κ2) is 4.47. The summed E-state index contributed by atoms with van der Waals surface area (Å²) in [6.45, 7) is 8.20. The van der Waals surface area contributed by atoms with Gasteiger partial charge in [0.1, 0.15) is 0 Å². The molecule has 0 radical (unpaired) electrons.